The van der Waals surface area contributed by atoms with Crippen LogP contribution in [0.1, 0.15) is 19.4 Å². The number of hydrogen-bond acceptors (Lipinski definition) is 4. The maximum atomic E-state index is 10.8. The molecular formula is C13H19N3O2. The van der Waals surface area contributed by atoms with Gasteiger partial charge >= 0.3 is 6.09 Å². The molecule has 1 rings (SSSR count). The summed E-state index contributed by atoms with van der Waals surface area (Å²) >= 11 is 0. The van der Waals surface area contributed by atoms with E-state index >= 15 is 0 Å². The van der Waals surface area contributed by atoms with Crippen molar-refractivity contribution in [3.8, 4) is 0 Å². The van der Waals surface area contributed by atoms with E-state index in [1.807, 2.05) is 24.3 Å². The molecule has 0 radical (unpaired) electrons. The summed E-state index contributed by atoms with van der Waals surface area (Å²) in [6.07, 6.45) is 0.995. The van der Waals surface area contributed by atoms with Crippen molar-refractivity contribution >= 4 is 18.0 Å². The molecule has 0 bridgehead atoms. The van der Waals surface area contributed by atoms with Crippen LogP contribution < -0.4 is 10.3 Å². The number of nitrogens with one attached hydrogen (secondary N) is 1. The minimum Gasteiger partial charge on any atom is -0.452 e. The number of amides is 1. The molecule has 5 nitrogen and oxygen atoms in total. The van der Waals surface area contributed by atoms with Crippen molar-refractivity contribution in [2.75, 3.05) is 25.1 Å². The van der Waals surface area contributed by atoms with Crippen LogP contribution in [0.2, 0.25) is 0 Å². The van der Waals surface area contributed by atoms with Crippen LogP contribution in [0.15, 0.2) is 29.4 Å². The zero-order valence-corrected chi connectivity index (χ0v) is 11.0. The molecule has 0 aromatic heterocycles. The average Bonchev–Trinajstić information content (AvgIpc) is 2.41. The van der Waals surface area contributed by atoms with E-state index < -0.39 is 6.09 Å². The smallest absolute Gasteiger partial charge is 0.427 e. The second kappa shape index (κ2) is 7.32. The third-order valence-corrected chi connectivity index (χ3v) is 2.58. The Kier molecular flexibility index (Phi) is 5.70. The molecule has 0 aliphatic heterocycles. The lowest BCUT2D eigenvalue weighted by molar-refractivity contribution is 0.171. The minimum atomic E-state index is -0.578. The van der Waals surface area contributed by atoms with Crippen molar-refractivity contribution in [2.24, 2.45) is 5.10 Å². The molecule has 1 aromatic rings. The van der Waals surface area contributed by atoms with Crippen molar-refractivity contribution in [3.05, 3.63) is 29.8 Å². The number of anilines is 1. The highest BCUT2D eigenvalue weighted by Crippen LogP contribution is 2.13. The quantitative estimate of drug-likeness (QED) is 0.643. The van der Waals surface area contributed by atoms with Gasteiger partial charge in [0.05, 0.1) is 13.3 Å². The number of methoxy groups -OCH3 is 1. The first-order valence-corrected chi connectivity index (χ1v) is 5.93. The van der Waals surface area contributed by atoms with E-state index in [2.05, 4.69) is 34.0 Å². The summed E-state index contributed by atoms with van der Waals surface area (Å²) < 4.78 is 4.40. The topological polar surface area (TPSA) is 53.9 Å². The van der Waals surface area contributed by atoms with Gasteiger partial charge in [0.2, 0.25) is 0 Å². The van der Waals surface area contributed by atoms with E-state index in [1.54, 1.807) is 6.21 Å². The number of benzene rings is 1. The number of ether oxygens (including phenoxy) is 1. The van der Waals surface area contributed by atoms with Gasteiger partial charge in [-0.25, -0.2) is 10.2 Å². The second-order valence-electron chi connectivity index (χ2n) is 3.63. The summed E-state index contributed by atoms with van der Waals surface area (Å²) in [5.41, 5.74) is 4.34. The Morgan fingerprint density at radius 2 is 1.94 bits per heavy atom. The summed E-state index contributed by atoms with van der Waals surface area (Å²) in [7, 11) is 1.30. The molecule has 1 N–H and O–H groups in total. The Morgan fingerprint density at radius 3 is 2.44 bits per heavy atom. The molecule has 0 saturated heterocycles. The van der Waals surface area contributed by atoms with Gasteiger partial charge < -0.3 is 9.64 Å². The summed E-state index contributed by atoms with van der Waals surface area (Å²) in [5.74, 6) is 0. The zero-order chi connectivity index (χ0) is 13.4. The van der Waals surface area contributed by atoms with E-state index in [0.717, 1.165) is 18.7 Å². The number of carbonyl (C=O) groups excluding carboxylic acids is 1. The van der Waals surface area contributed by atoms with Gasteiger partial charge in [0, 0.05) is 18.8 Å². The molecule has 0 heterocycles. The van der Waals surface area contributed by atoms with Crippen LogP contribution >= 0.6 is 0 Å². The maximum absolute atomic E-state index is 10.8. The molecule has 0 aliphatic rings. The van der Waals surface area contributed by atoms with E-state index in [0.29, 0.717) is 0 Å². The third-order valence-electron chi connectivity index (χ3n) is 2.58. The lowest BCUT2D eigenvalue weighted by atomic mass is 10.2. The summed E-state index contributed by atoms with van der Waals surface area (Å²) in [6, 6.07) is 7.98. The SMILES string of the molecule is CCN(CC)c1ccc(/C=N/NC(=O)OC)cc1. The second-order valence-corrected chi connectivity index (χ2v) is 3.63. The number of hydrogen-bond donors (Lipinski definition) is 1. The van der Waals surface area contributed by atoms with Gasteiger partial charge in [0.25, 0.3) is 0 Å². The monoisotopic (exact) mass is 249 g/mol. The Labute approximate surface area is 107 Å². The molecule has 0 fully saturated rings. The van der Waals surface area contributed by atoms with Crippen LogP contribution in [-0.2, 0) is 4.74 Å². The van der Waals surface area contributed by atoms with E-state index in [9.17, 15) is 4.79 Å². The van der Waals surface area contributed by atoms with Crippen LogP contribution in [0.4, 0.5) is 10.5 Å². The third kappa shape index (κ3) is 4.08. The molecule has 0 spiro atoms. The summed E-state index contributed by atoms with van der Waals surface area (Å²) in [6.45, 7) is 6.21. The molecule has 0 aliphatic carbocycles. The normalized spacial score (nSPS) is 10.4. The van der Waals surface area contributed by atoms with E-state index in [-0.39, 0.29) is 0 Å². The fraction of sp³-hybridized carbons (Fsp3) is 0.385. The minimum absolute atomic E-state index is 0.578. The van der Waals surface area contributed by atoms with Crippen molar-refractivity contribution in [1.82, 2.24) is 5.43 Å². The fourth-order valence-electron chi connectivity index (χ4n) is 1.57. The van der Waals surface area contributed by atoms with Gasteiger partial charge in [0.1, 0.15) is 0 Å². The summed E-state index contributed by atoms with van der Waals surface area (Å²) in [4.78, 5) is 13.0. The molecular weight excluding hydrogens is 230 g/mol. The predicted octanol–water partition coefficient (Wildman–Crippen LogP) is 2.22. The van der Waals surface area contributed by atoms with Crippen LogP contribution in [0.25, 0.3) is 0 Å². The highest BCUT2D eigenvalue weighted by Gasteiger charge is 2.00. The molecule has 1 aromatic carbocycles. The lowest BCUT2D eigenvalue weighted by Crippen LogP contribution is -2.21. The largest absolute Gasteiger partial charge is 0.452 e. The van der Waals surface area contributed by atoms with Gasteiger partial charge in [-0.1, -0.05) is 12.1 Å². The Balaban J connectivity index is 2.62. The number of carbonyl (C=O) groups is 1. The molecule has 5 heteroatoms. The Morgan fingerprint density at radius 1 is 1.33 bits per heavy atom. The Hall–Kier alpha value is -2.04. The first-order chi connectivity index (χ1) is 8.71. The van der Waals surface area contributed by atoms with Crippen molar-refractivity contribution < 1.29 is 9.53 Å². The van der Waals surface area contributed by atoms with Crippen LogP contribution in [0.5, 0.6) is 0 Å². The maximum Gasteiger partial charge on any atom is 0.427 e. The van der Waals surface area contributed by atoms with Gasteiger partial charge in [0.15, 0.2) is 0 Å². The molecule has 0 atom stereocenters. The summed E-state index contributed by atoms with van der Waals surface area (Å²) in [5, 5.41) is 3.76. The van der Waals surface area contributed by atoms with Gasteiger partial charge in [-0.05, 0) is 31.5 Å². The van der Waals surface area contributed by atoms with Crippen LogP contribution in [0, 0.1) is 0 Å². The van der Waals surface area contributed by atoms with Crippen LogP contribution in [-0.4, -0.2) is 32.5 Å². The van der Waals surface area contributed by atoms with Gasteiger partial charge in [-0.3, -0.25) is 0 Å². The number of nitrogens with zero attached hydrogens (tertiary/aromatic N) is 2. The van der Waals surface area contributed by atoms with Crippen molar-refractivity contribution in [2.45, 2.75) is 13.8 Å². The first-order valence-electron chi connectivity index (χ1n) is 5.93. The molecule has 98 valence electrons. The highest BCUT2D eigenvalue weighted by molar-refractivity contribution is 5.81. The molecule has 18 heavy (non-hydrogen) atoms. The van der Waals surface area contributed by atoms with Gasteiger partial charge in [-0.2, -0.15) is 5.10 Å². The zero-order valence-electron chi connectivity index (χ0n) is 11.0. The highest BCUT2D eigenvalue weighted by atomic mass is 16.5. The van der Waals surface area contributed by atoms with E-state index in [4.69, 9.17) is 0 Å². The number of rotatable bonds is 5. The average molecular weight is 249 g/mol. The van der Waals surface area contributed by atoms with E-state index in [1.165, 1.54) is 12.8 Å². The lowest BCUT2D eigenvalue weighted by Gasteiger charge is -2.20. The van der Waals surface area contributed by atoms with Crippen LogP contribution in [0.3, 0.4) is 0 Å². The molecule has 1 amide bonds. The van der Waals surface area contributed by atoms with Gasteiger partial charge in [-0.15, -0.1) is 0 Å². The number of hydrazone groups is 1. The first kappa shape index (κ1) is 14.0. The standard InChI is InChI=1S/C13H19N3O2/c1-4-16(5-2)12-8-6-11(7-9-12)10-14-15-13(17)18-3/h6-10H,4-5H2,1-3H3,(H,15,17)/b14-10+. The predicted molar refractivity (Wildman–Crippen MR) is 73.1 cm³/mol. The van der Waals surface area contributed by atoms with Crippen molar-refractivity contribution in [3.63, 3.8) is 0 Å². The molecule has 0 saturated carbocycles. The van der Waals surface area contributed by atoms with Crippen molar-refractivity contribution in [1.29, 1.82) is 0 Å². The fourth-order valence-corrected chi connectivity index (χ4v) is 1.57. The molecule has 0 unspecified atom stereocenters. The Bertz CT molecular complexity index is 397.